The quantitative estimate of drug-likeness (QED) is 0.610. The van der Waals surface area contributed by atoms with Crippen LogP contribution in [0.2, 0.25) is 5.02 Å². The molecule has 0 saturated carbocycles. The van der Waals surface area contributed by atoms with E-state index < -0.39 is 11.6 Å². The Morgan fingerprint density at radius 2 is 2.12 bits per heavy atom. The Balaban J connectivity index is 2.42. The second kappa shape index (κ2) is 4.22. The van der Waals surface area contributed by atoms with E-state index in [1.165, 1.54) is 11.0 Å². The summed E-state index contributed by atoms with van der Waals surface area (Å²) in [6.07, 6.45) is 0.276. The summed E-state index contributed by atoms with van der Waals surface area (Å²) in [6.45, 7) is 0.354. The maximum absolute atomic E-state index is 13.2. The minimum absolute atomic E-state index is 0.100. The van der Waals surface area contributed by atoms with E-state index in [1.54, 1.807) is 0 Å². The van der Waals surface area contributed by atoms with Crippen molar-refractivity contribution in [3.63, 3.8) is 0 Å². The van der Waals surface area contributed by atoms with Gasteiger partial charge in [-0.2, -0.15) is 12.6 Å². The molecule has 1 aliphatic heterocycles. The molecular formula is C10H8ClF2NOS. The molecule has 1 saturated heterocycles. The molecule has 0 radical (unpaired) electrons. The highest BCUT2D eigenvalue weighted by atomic mass is 35.5. The lowest BCUT2D eigenvalue weighted by Crippen LogP contribution is -2.25. The SMILES string of the molecule is O=C1CC(S)CN1c1ccc(F)c(F)c1Cl. The van der Waals surface area contributed by atoms with Crippen LogP contribution in [0.25, 0.3) is 0 Å². The molecule has 2 nitrogen and oxygen atoms in total. The van der Waals surface area contributed by atoms with Gasteiger partial charge >= 0.3 is 0 Å². The fourth-order valence-electron chi connectivity index (χ4n) is 1.65. The number of halogens is 3. The average molecular weight is 264 g/mol. The van der Waals surface area contributed by atoms with Crippen molar-refractivity contribution in [3.05, 3.63) is 28.8 Å². The van der Waals surface area contributed by atoms with Gasteiger partial charge in [0.1, 0.15) is 5.02 Å². The van der Waals surface area contributed by atoms with Crippen LogP contribution in [0.4, 0.5) is 14.5 Å². The molecule has 0 bridgehead atoms. The summed E-state index contributed by atoms with van der Waals surface area (Å²) in [5, 5.41) is -0.465. The molecular weight excluding hydrogens is 256 g/mol. The van der Waals surface area contributed by atoms with Crippen LogP contribution < -0.4 is 4.90 Å². The Bertz CT molecular complexity index is 455. The van der Waals surface area contributed by atoms with Crippen LogP contribution in [0.5, 0.6) is 0 Å². The van der Waals surface area contributed by atoms with E-state index >= 15 is 0 Å². The van der Waals surface area contributed by atoms with Crippen LogP contribution in [0.15, 0.2) is 12.1 Å². The van der Waals surface area contributed by atoms with Crippen molar-refractivity contribution >= 4 is 35.8 Å². The van der Waals surface area contributed by atoms with Gasteiger partial charge in [0.15, 0.2) is 11.6 Å². The number of carbonyl (C=O) groups is 1. The van der Waals surface area contributed by atoms with Crippen LogP contribution in [0.3, 0.4) is 0 Å². The van der Waals surface area contributed by atoms with Crippen molar-refractivity contribution in [2.24, 2.45) is 0 Å². The van der Waals surface area contributed by atoms with Gasteiger partial charge in [-0.3, -0.25) is 4.79 Å². The van der Waals surface area contributed by atoms with Gasteiger partial charge < -0.3 is 4.90 Å². The first-order valence-corrected chi connectivity index (χ1v) is 5.52. The minimum atomic E-state index is -1.13. The van der Waals surface area contributed by atoms with Crippen molar-refractivity contribution in [2.75, 3.05) is 11.4 Å². The Hall–Kier alpha value is -0.810. The number of anilines is 1. The number of benzene rings is 1. The van der Waals surface area contributed by atoms with Gasteiger partial charge in [0.25, 0.3) is 0 Å². The molecule has 1 aromatic rings. The molecule has 1 fully saturated rings. The van der Waals surface area contributed by atoms with Gasteiger partial charge in [0.2, 0.25) is 5.91 Å². The maximum Gasteiger partial charge on any atom is 0.228 e. The highest BCUT2D eigenvalue weighted by molar-refractivity contribution is 7.81. The Morgan fingerprint density at radius 3 is 2.69 bits per heavy atom. The lowest BCUT2D eigenvalue weighted by atomic mass is 10.2. The number of thiol groups is 1. The monoisotopic (exact) mass is 263 g/mol. The zero-order valence-electron chi connectivity index (χ0n) is 8.08. The van der Waals surface area contributed by atoms with E-state index in [0.717, 1.165) is 6.07 Å². The molecule has 0 spiro atoms. The normalized spacial score (nSPS) is 20.6. The summed E-state index contributed by atoms with van der Waals surface area (Å²) in [6, 6.07) is 2.25. The summed E-state index contributed by atoms with van der Waals surface area (Å²) < 4.78 is 26.0. The molecule has 1 aliphatic rings. The van der Waals surface area contributed by atoms with Gasteiger partial charge in [-0.1, -0.05) is 11.6 Å². The van der Waals surface area contributed by atoms with E-state index in [1.807, 2.05) is 0 Å². The predicted molar refractivity (Wildman–Crippen MR) is 61.1 cm³/mol. The zero-order chi connectivity index (χ0) is 11.9. The van der Waals surface area contributed by atoms with E-state index in [2.05, 4.69) is 12.6 Å². The topological polar surface area (TPSA) is 20.3 Å². The smallest absolute Gasteiger partial charge is 0.228 e. The van der Waals surface area contributed by atoms with E-state index in [4.69, 9.17) is 11.6 Å². The number of rotatable bonds is 1. The van der Waals surface area contributed by atoms with Crippen molar-refractivity contribution in [2.45, 2.75) is 11.7 Å². The second-order valence-electron chi connectivity index (χ2n) is 3.56. The highest BCUT2D eigenvalue weighted by Gasteiger charge is 2.30. The minimum Gasteiger partial charge on any atom is -0.310 e. The molecule has 0 N–H and O–H groups in total. The molecule has 86 valence electrons. The van der Waals surface area contributed by atoms with E-state index in [0.29, 0.717) is 6.54 Å². The molecule has 1 aromatic carbocycles. The maximum atomic E-state index is 13.2. The van der Waals surface area contributed by atoms with Gasteiger partial charge in [-0.05, 0) is 12.1 Å². The third-order valence-electron chi connectivity index (χ3n) is 2.41. The number of hydrogen-bond acceptors (Lipinski definition) is 2. The summed E-state index contributed by atoms with van der Waals surface area (Å²) in [5.41, 5.74) is 0.196. The molecule has 2 rings (SSSR count). The molecule has 1 atom stereocenters. The fraction of sp³-hybridized carbons (Fsp3) is 0.300. The van der Waals surface area contributed by atoms with Gasteiger partial charge in [-0.25, -0.2) is 8.78 Å². The summed E-state index contributed by atoms with van der Waals surface area (Å²) in [7, 11) is 0. The average Bonchev–Trinajstić information content (AvgIpc) is 2.55. The highest BCUT2D eigenvalue weighted by Crippen LogP contribution is 2.33. The molecule has 1 unspecified atom stereocenters. The largest absolute Gasteiger partial charge is 0.310 e. The number of nitrogens with zero attached hydrogens (tertiary/aromatic N) is 1. The molecule has 0 aliphatic carbocycles. The van der Waals surface area contributed by atoms with Gasteiger partial charge in [0.05, 0.1) is 5.69 Å². The van der Waals surface area contributed by atoms with Crippen molar-refractivity contribution in [1.29, 1.82) is 0 Å². The predicted octanol–water partition coefficient (Wildman–Crippen LogP) is 2.65. The lowest BCUT2D eigenvalue weighted by molar-refractivity contribution is -0.117. The van der Waals surface area contributed by atoms with Crippen LogP contribution in [0.1, 0.15) is 6.42 Å². The summed E-state index contributed by atoms with van der Waals surface area (Å²) in [4.78, 5) is 12.9. The Morgan fingerprint density at radius 1 is 1.44 bits per heavy atom. The second-order valence-corrected chi connectivity index (χ2v) is 4.67. The first kappa shape index (κ1) is 11.7. The number of hydrogen-bond donors (Lipinski definition) is 1. The third-order valence-corrected chi connectivity index (χ3v) is 3.12. The van der Waals surface area contributed by atoms with Crippen LogP contribution >= 0.6 is 24.2 Å². The van der Waals surface area contributed by atoms with E-state index in [9.17, 15) is 13.6 Å². The van der Waals surface area contributed by atoms with Crippen LogP contribution in [-0.4, -0.2) is 17.7 Å². The van der Waals surface area contributed by atoms with Gasteiger partial charge in [0, 0.05) is 18.2 Å². The molecule has 16 heavy (non-hydrogen) atoms. The first-order valence-electron chi connectivity index (χ1n) is 4.62. The fourth-order valence-corrected chi connectivity index (χ4v) is 2.22. The first-order chi connectivity index (χ1) is 7.50. The standard InChI is InChI=1S/C10H8ClF2NOS/c11-9-7(2-1-6(12)10(9)13)14-4-5(16)3-8(14)15/h1-2,5,16H,3-4H2. The van der Waals surface area contributed by atoms with Gasteiger partial charge in [-0.15, -0.1) is 0 Å². The molecule has 1 heterocycles. The number of carbonyl (C=O) groups excluding carboxylic acids is 1. The van der Waals surface area contributed by atoms with Crippen LogP contribution in [-0.2, 0) is 4.79 Å². The Kier molecular flexibility index (Phi) is 3.08. The van der Waals surface area contributed by atoms with Crippen molar-refractivity contribution in [3.8, 4) is 0 Å². The molecule has 0 aromatic heterocycles. The van der Waals surface area contributed by atoms with Crippen molar-refractivity contribution in [1.82, 2.24) is 0 Å². The Labute approximate surface area is 102 Å². The molecule has 6 heteroatoms. The van der Waals surface area contributed by atoms with Crippen LogP contribution in [0, 0.1) is 11.6 Å². The summed E-state index contributed by atoms with van der Waals surface area (Å²) >= 11 is 9.83. The molecule has 1 amide bonds. The van der Waals surface area contributed by atoms with E-state index in [-0.39, 0.29) is 28.3 Å². The lowest BCUT2D eigenvalue weighted by Gasteiger charge is -2.17. The van der Waals surface area contributed by atoms with Crippen molar-refractivity contribution < 1.29 is 13.6 Å². The number of amides is 1. The third kappa shape index (κ3) is 1.89. The zero-order valence-corrected chi connectivity index (χ0v) is 9.73. The summed E-state index contributed by atoms with van der Waals surface area (Å²) in [5.74, 6) is -2.34.